The minimum absolute atomic E-state index is 0.0500. The molecule has 0 bridgehead atoms. The molecule has 27 heavy (non-hydrogen) atoms. The molecule has 2 aliphatic rings. The summed E-state index contributed by atoms with van der Waals surface area (Å²) < 4.78 is 50.9. The lowest BCUT2D eigenvalue weighted by atomic mass is 10.0. The summed E-state index contributed by atoms with van der Waals surface area (Å²) in [4.78, 5) is 18.3. The number of benzene rings is 1. The van der Waals surface area contributed by atoms with E-state index in [2.05, 4.69) is 4.98 Å². The van der Waals surface area contributed by atoms with Crippen LogP contribution in [-0.4, -0.2) is 36.6 Å². The number of hydrogen-bond donors (Lipinski definition) is 1. The van der Waals surface area contributed by atoms with E-state index in [0.717, 1.165) is 23.5 Å². The average Bonchev–Trinajstić information content (AvgIpc) is 2.95. The van der Waals surface area contributed by atoms with E-state index in [-0.39, 0.29) is 17.2 Å². The van der Waals surface area contributed by atoms with Gasteiger partial charge in [-0.3, -0.25) is 4.79 Å². The van der Waals surface area contributed by atoms with Crippen molar-refractivity contribution in [1.29, 1.82) is 0 Å². The minimum Gasteiger partial charge on any atom is -0.398 e. The Morgan fingerprint density at radius 1 is 1.33 bits per heavy atom. The molecule has 1 aromatic heterocycles. The van der Waals surface area contributed by atoms with Crippen molar-refractivity contribution >= 4 is 32.2 Å². The van der Waals surface area contributed by atoms with Gasteiger partial charge in [-0.25, -0.2) is 0 Å². The van der Waals surface area contributed by atoms with Gasteiger partial charge in [0.2, 0.25) is 0 Å². The first-order chi connectivity index (χ1) is 12.7. The van der Waals surface area contributed by atoms with Crippen LogP contribution in [0.2, 0.25) is 0 Å². The van der Waals surface area contributed by atoms with Crippen LogP contribution < -0.4 is 16.2 Å². The monoisotopic (exact) mass is 401 g/mol. The summed E-state index contributed by atoms with van der Waals surface area (Å²) in [6.45, 7) is 3.65. The zero-order chi connectivity index (χ0) is 19.4. The first-order valence-corrected chi connectivity index (χ1v) is 9.37. The fourth-order valence-electron chi connectivity index (χ4n) is 3.49. The summed E-state index contributed by atoms with van der Waals surface area (Å²) in [5.74, 6) is -0.585. The molecule has 2 N–H and O–H groups in total. The Morgan fingerprint density at radius 2 is 2.04 bits per heavy atom. The van der Waals surface area contributed by atoms with Crippen molar-refractivity contribution in [2.24, 2.45) is 0 Å². The Morgan fingerprint density at radius 3 is 2.63 bits per heavy atom. The summed E-state index contributed by atoms with van der Waals surface area (Å²) in [5, 5.41) is 0.334. The van der Waals surface area contributed by atoms with Gasteiger partial charge in [0.15, 0.2) is 10.9 Å². The lowest BCUT2D eigenvalue weighted by Crippen LogP contribution is -2.45. The van der Waals surface area contributed by atoms with E-state index in [4.69, 9.17) is 15.2 Å². The maximum absolute atomic E-state index is 13.0. The molecule has 10 heteroatoms. The van der Waals surface area contributed by atoms with Crippen molar-refractivity contribution in [2.75, 3.05) is 30.3 Å². The van der Waals surface area contributed by atoms with E-state index in [1.165, 1.54) is 0 Å². The zero-order valence-corrected chi connectivity index (χ0v) is 15.3. The number of hydrogen-bond acceptors (Lipinski definition) is 7. The number of aromatic nitrogens is 1. The van der Waals surface area contributed by atoms with E-state index in [1.54, 1.807) is 0 Å². The van der Waals surface area contributed by atoms with E-state index in [0.29, 0.717) is 42.4 Å². The van der Waals surface area contributed by atoms with E-state index < -0.39 is 23.1 Å². The lowest BCUT2D eigenvalue weighted by Gasteiger charge is -2.38. The Kier molecular flexibility index (Phi) is 4.32. The van der Waals surface area contributed by atoms with Gasteiger partial charge in [-0.05, 0) is 19.1 Å². The number of piperidine rings is 1. The normalized spacial score (nSPS) is 22.7. The van der Waals surface area contributed by atoms with Crippen molar-refractivity contribution < 1.29 is 22.6 Å². The number of ether oxygens (including phenoxy) is 2. The van der Waals surface area contributed by atoms with Gasteiger partial charge in [0.05, 0.1) is 34.0 Å². The van der Waals surface area contributed by atoms with Gasteiger partial charge >= 0.3 is 6.18 Å². The molecule has 2 aromatic rings. The predicted octanol–water partition coefficient (Wildman–Crippen LogP) is 2.99. The number of halogens is 3. The number of anilines is 2. The fraction of sp³-hybridized carbons (Fsp3) is 0.529. The molecule has 2 aliphatic heterocycles. The minimum atomic E-state index is -4.57. The highest BCUT2D eigenvalue weighted by atomic mass is 32.1. The Balaban J connectivity index is 1.64. The second-order valence-corrected chi connectivity index (χ2v) is 7.86. The van der Waals surface area contributed by atoms with Crippen LogP contribution in [0, 0.1) is 0 Å². The second kappa shape index (κ2) is 6.32. The van der Waals surface area contributed by atoms with Crippen molar-refractivity contribution in [3.05, 3.63) is 28.0 Å². The number of nitrogen functional groups attached to an aromatic ring is 1. The molecule has 1 atom stereocenters. The first-order valence-electron chi connectivity index (χ1n) is 8.55. The number of fused-ring (bicyclic) bond motifs is 1. The average molecular weight is 401 g/mol. The maximum atomic E-state index is 13.0. The number of nitrogens with zero attached hydrogens (tertiary/aromatic N) is 2. The van der Waals surface area contributed by atoms with Crippen LogP contribution in [0.5, 0.6) is 0 Å². The van der Waals surface area contributed by atoms with Gasteiger partial charge in [0.25, 0.3) is 5.56 Å². The molecule has 1 spiro atoms. The third-order valence-electron chi connectivity index (χ3n) is 4.86. The summed E-state index contributed by atoms with van der Waals surface area (Å²) >= 11 is 1.13. The Labute approximate surface area is 156 Å². The largest absolute Gasteiger partial charge is 0.416 e. The molecule has 0 saturated carbocycles. The topological polar surface area (TPSA) is 77.7 Å². The third kappa shape index (κ3) is 3.37. The van der Waals surface area contributed by atoms with Crippen LogP contribution >= 0.6 is 11.3 Å². The molecule has 1 aromatic carbocycles. The summed E-state index contributed by atoms with van der Waals surface area (Å²) in [6, 6.07) is 1.67. The van der Waals surface area contributed by atoms with Gasteiger partial charge < -0.3 is 20.1 Å². The number of nitrogens with two attached hydrogens (primary N) is 1. The van der Waals surface area contributed by atoms with Crippen molar-refractivity contribution in [1.82, 2.24) is 4.98 Å². The molecule has 2 fully saturated rings. The smallest absolute Gasteiger partial charge is 0.398 e. The lowest BCUT2D eigenvalue weighted by molar-refractivity contribution is -0.178. The molecule has 0 aliphatic carbocycles. The molecule has 0 unspecified atom stereocenters. The van der Waals surface area contributed by atoms with Crippen molar-refractivity contribution in [3.63, 3.8) is 0 Å². The molecule has 4 rings (SSSR count). The molecule has 3 heterocycles. The Hall–Kier alpha value is -1.91. The highest BCUT2D eigenvalue weighted by molar-refractivity contribution is 7.22. The van der Waals surface area contributed by atoms with Gasteiger partial charge in [-0.15, -0.1) is 0 Å². The molecule has 6 nitrogen and oxygen atoms in total. The van der Waals surface area contributed by atoms with Gasteiger partial charge in [-0.1, -0.05) is 11.3 Å². The van der Waals surface area contributed by atoms with Gasteiger partial charge in [0, 0.05) is 25.9 Å². The quantitative estimate of drug-likeness (QED) is 0.741. The predicted molar refractivity (Wildman–Crippen MR) is 96.0 cm³/mol. The van der Waals surface area contributed by atoms with E-state index in [9.17, 15) is 18.0 Å². The maximum Gasteiger partial charge on any atom is 0.416 e. The molecular formula is C17H18F3N3O3S. The SMILES string of the molecule is C[C@H]1COC2(CCN(c3nc(=O)c4cc(C(F)(F)F)cc(N)c4s3)CC2)O1. The molecule has 0 amide bonds. The van der Waals surface area contributed by atoms with Crippen LogP contribution in [0.3, 0.4) is 0 Å². The molecular weight excluding hydrogens is 383 g/mol. The highest BCUT2D eigenvalue weighted by Crippen LogP contribution is 2.38. The summed E-state index contributed by atoms with van der Waals surface area (Å²) in [7, 11) is 0. The number of rotatable bonds is 1. The molecule has 2 saturated heterocycles. The van der Waals surface area contributed by atoms with Crippen molar-refractivity contribution in [3.8, 4) is 0 Å². The van der Waals surface area contributed by atoms with Crippen LogP contribution in [0.1, 0.15) is 25.3 Å². The molecule has 146 valence electrons. The number of alkyl halides is 3. The Bertz CT molecular complexity index is 939. The zero-order valence-electron chi connectivity index (χ0n) is 14.5. The summed E-state index contributed by atoms with van der Waals surface area (Å²) in [5.41, 5.74) is 4.08. The van der Waals surface area contributed by atoms with Crippen LogP contribution in [0.25, 0.3) is 10.1 Å². The van der Waals surface area contributed by atoms with Crippen LogP contribution in [0.15, 0.2) is 16.9 Å². The standard InChI is InChI=1S/C17H18F3N3O3S/c1-9-8-25-16(26-9)2-4-23(5-3-16)15-22-14(24)11-6-10(17(18,19)20)7-12(21)13(11)27-15/h6-7,9H,2-5,8,21H2,1H3/t9-/m0/s1. The first kappa shape index (κ1) is 18.5. The highest BCUT2D eigenvalue weighted by Gasteiger charge is 2.43. The second-order valence-electron chi connectivity index (χ2n) is 6.88. The van der Waals surface area contributed by atoms with E-state index in [1.807, 2.05) is 11.8 Å². The summed E-state index contributed by atoms with van der Waals surface area (Å²) in [6.07, 6.45) is -3.27. The van der Waals surface area contributed by atoms with Crippen molar-refractivity contribution in [2.45, 2.75) is 37.8 Å². The molecule has 0 radical (unpaired) electrons. The van der Waals surface area contributed by atoms with Gasteiger partial charge in [0.1, 0.15) is 0 Å². The van der Waals surface area contributed by atoms with Crippen LogP contribution in [-0.2, 0) is 15.7 Å². The van der Waals surface area contributed by atoms with E-state index >= 15 is 0 Å². The van der Waals surface area contributed by atoms with Crippen LogP contribution in [0.4, 0.5) is 24.0 Å². The third-order valence-corrected chi connectivity index (χ3v) is 6.05. The van der Waals surface area contributed by atoms with Gasteiger partial charge in [-0.2, -0.15) is 18.2 Å². The fourth-order valence-corrected chi connectivity index (χ4v) is 4.54.